The zero-order valence-electron chi connectivity index (χ0n) is 13.0. The Morgan fingerprint density at radius 3 is 2.33 bits per heavy atom. The van der Waals surface area contributed by atoms with E-state index in [-0.39, 0.29) is 23.7 Å². The first kappa shape index (κ1) is 16.8. The molecule has 0 aliphatic heterocycles. The van der Waals surface area contributed by atoms with Crippen molar-refractivity contribution in [3.8, 4) is 0 Å². The Bertz CT molecular complexity index is 807. The van der Waals surface area contributed by atoms with Gasteiger partial charge in [0, 0.05) is 21.4 Å². The summed E-state index contributed by atoms with van der Waals surface area (Å²) < 4.78 is 0. The third-order valence-electron chi connectivity index (χ3n) is 4.01. The van der Waals surface area contributed by atoms with Crippen LogP contribution < -0.4 is 10.6 Å². The Labute approximate surface area is 150 Å². The average molecular weight is 363 g/mol. The van der Waals surface area contributed by atoms with Crippen LogP contribution in [0.2, 0.25) is 10.0 Å². The minimum atomic E-state index is -0.317. The summed E-state index contributed by atoms with van der Waals surface area (Å²) in [5.74, 6) is -0.960. The molecule has 3 rings (SSSR count). The van der Waals surface area contributed by atoms with Gasteiger partial charge in [-0.05, 0) is 49.2 Å². The van der Waals surface area contributed by atoms with Gasteiger partial charge in [0.05, 0.1) is 11.8 Å². The highest BCUT2D eigenvalue weighted by molar-refractivity contribution is 6.31. The third-order valence-corrected chi connectivity index (χ3v) is 4.48. The SMILES string of the molecule is Cc1ccc(Cl)cc1NC(=O)C1CC1C(=O)Nc1cccc(Cl)c1. The molecule has 0 heterocycles. The van der Waals surface area contributed by atoms with Crippen molar-refractivity contribution in [3.63, 3.8) is 0 Å². The van der Waals surface area contributed by atoms with Crippen LogP contribution in [0.25, 0.3) is 0 Å². The van der Waals surface area contributed by atoms with Crippen LogP contribution in [0.4, 0.5) is 11.4 Å². The molecule has 6 heteroatoms. The van der Waals surface area contributed by atoms with Crippen molar-refractivity contribution < 1.29 is 9.59 Å². The predicted molar refractivity (Wildman–Crippen MR) is 96.5 cm³/mol. The van der Waals surface area contributed by atoms with Gasteiger partial charge in [-0.15, -0.1) is 0 Å². The minimum Gasteiger partial charge on any atom is -0.326 e. The fourth-order valence-electron chi connectivity index (χ4n) is 2.53. The van der Waals surface area contributed by atoms with Crippen molar-refractivity contribution in [1.29, 1.82) is 0 Å². The van der Waals surface area contributed by atoms with Crippen LogP contribution in [0, 0.1) is 18.8 Å². The number of nitrogens with one attached hydrogen (secondary N) is 2. The summed E-state index contributed by atoms with van der Waals surface area (Å²) in [7, 11) is 0. The zero-order chi connectivity index (χ0) is 17.3. The van der Waals surface area contributed by atoms with E-state index in [4.69, 9.17) is 23.2 Å². The van der Waals surface area contributed by atoms with E-state index in [9.17, 15) is 9.59 Å². The highest BCUT2D eigenvalue weighted by Gasteiger charge is 2.48. The van der Waals surface area contributed by atoms with Crippen LogP contribution in [-0.4, -0.2) is 11.8 Å². The van der Waals surface area contributed by atoms with Crippen molar-refractivity contribution >= 4 is 46.4 Å². The Morgan fingerprint density at radius 1 is 0.958 bits per heavy atom. The fourth-order valence-corrected chi connectivity index (χ4v) is 2.89. The van der Waals surface area contributed by atoms with Crippen LogP contribution in [0.1, 0.15) is 12.0 Å². The third kappa shape index (κ3) is 3.89. The molecular formula is C18H16Cl2N2O2. The summed E-state index contributed by atoms with van der Waals surface area (Å²) in [6.45, 7) is 1.89. The normalized spacial score (nSPS) is 18.8. The van der Waals surface area contributed by atoms with E-state index in [2.05, 4.69) is 10.6 Å². The lowest BCUT2D eigenvalue weighted by Gasteiger charge is -2.09. The van der Waals surface area contributed by atoms with Crippen LogP contribution >= 0.6 is 23.2 Å². The van der Waals surface area contributed by atoms with Gasteiger partial charge >= 0.3 is 0 Å². The van der Waals surface area contributed by atoms with Crippen molar-refractivity contribution in [3.05, 3.63) is 58.1 Å². The lowest BCUT2D eigenvalue weighted by molar-refractivity contribution is -0.122. The van der Waals surface area contributed by atoms with Crippen molar-refractivity contribution in [2.75, 3.05) is 10.6 Å². The molecule has 2 aromatic rings. The molecule has 4 nitrogen and oxygen atoms in total. The molecule has 1 fully saturated rings. The molecule has 2 amide bonds. The quantitative estimate of drug-likeness (QED) is 0.839. The summed E-state index contributed by atoms with van der Waals surface area (Å²) >= 11 is 11.8. The number of anilines is 2. The van der Waals surface area contributed by atoms with Gasteiger partial charge in [-0.3, -0.25) is 9.59 Å². The van der Waals surface area contributed by atoms with E-state index in [1.165, 1.54) is 0 Å². The molecule has 1 aliphatic carbocycles. The number of carbonyl (C=O) groups is 2. The summed E-state index contributed by atoms with van der Waals surface area (Å²) in [5.41, 5.74) is 2.23. The smallest absolute Gasteiger partial charge is 0.228 e. The number of benzene rings is 2. The van der Waals surface area contributed by atoms with Crippen molar-refractivity contribution in [2.45, 2.75) is 13.3 Å². The second kappa shape index (κ2) is 6.83. The van der Waals surface area contributed by atoms with E-state index in [0.29, 0.717) is 27.8 Å². The van der Waals surface area contributed by atoms with E-state index in [1.807, 2.05) is 13.0 Å². The van der Waals surface area contributed by atoms with Crippen molar-refractivity contribution in [1.82, 2.24) is 0 Å². The van der Waals surface area contributed by atoms with Gasteiger partial charge in [-0.1, -0.05) is 35.3 Å². The summed E-state index contributed by atoms with van der Waals surface area (Å²) in [6.07, 6.45) is 0.540. The largest absolute Gasteiger partial charge is 0.326 e. The highest BCUT2D eigenvalue weighted by atomic mass is 35.5. The minimum absolute atomic E-state index is 0.161. The highest BCUT2D eigenvalue weighted by Crippen LogP contribution is 2.40. The van der Waals surface area contributed by atoms with Crippen LogP contribution in [-0.2, 0) is 9.59 Å². The second-order valence-electron chi connectivity index (χ2n) is 5.90. The monoisotopic (exact) mass is 362 g/mol. The van der Waals surface area contributed by atoms with Gasteiger partial charge in [0.25, 0.3) is 0 Å². The first-order chi connectivity index (χ1) is 11.4. The van der Waals surface area contributed by atoms with Gasteiger partial charge in [-0.2, -0.15) is 0 Å². The fraction of sp³-hybridized carbons (Fsp3) is 0.222. The first-order valence-electron chi connectivity index (χ1n) is 7.57. The van der Waals surface area contributed by atoms with Gasteiger partial charge < -0.3 is 10.6 Å². The number of hydrogen-bond acceptors (Lipinski definition) is 2. The molecule has 124 valence electrons. The predicted octanol–water partition coefficient (Wildman–Crippen LogP) is 4.52. The molecule has 2 N–H and O–H groups in total. The molecule has 1 aliphatic rings. The van der Waals surface area contributed by atoms with Crippen LogP contribution in [0.15, 0.2) is 42.5 Å². The number of aryl methyl sites for hydroxylation is 1. The van der Waals surface area contributed by atoms with Gasteiger partial charge in [-0.25, -0.2) is 0 Å². The number of amides is 2. The standard InChI is InChI=1S/C18H16Cl2N2O2/c1-10-5-6-12(20)8-16(10)22-18(24)15-9-14(15)17(23)21-13-4-2-3-11(19)7-13/h2-8,14-15H,9H2,1H3,(H,21,23)(H,22,24). The molecule has 2 aromatic carbocycles. The Balaban J connectivity index is 1.59. The number of carbonyl (C=O) groups excluding carboxylic acids is 2. The van der Waals surface area contributed by atoms with E-state index < -0.39 is 0 Å². The van der Waals surface area contributed by atoms with Gasteiger partial charge in [0.15, 0.2) is 0 Å². The molecule has 0 bridgehead atoms. The summed E-state index contributed by atoms with van der Waals surface area (Å²) in [6, 6.07) is 12.2. The maximum atomic E-state index is 12.3. The maximum absolute atomic E-state index is 12.3. The molecule has 0 spiro atoms. The number of rotatable bonds is 4. The molecule has 2 unspecified atom stereocenters. The lowest BCUT2D eigenvalue weighted by Crippen LogP contribution is -2.20. The summed E-state index contributed by atoms with van der Waals surface area (Å²) in [4.78, 5) is 24.5. The lowest BCUT2D eigenvalue weighted by atomic mass is 10.2. The van der Waals surface area contributed by atoms with Crippen LogP contribution in [0.5, 0.6) is 0 Å². The first-order valence-corrected chi connectivity index (χ1v) is 8.33. The van der Waals surface area contributed by atoms with Crippen molar-refractivity contribution in [2.24, 2.45) is 11.8 Å². The van der Waals surface area contributed by atoms with E-state index >= 15 is 0 Å². The average Bonchev–Trinajstić information content (AvgIpc) is 3.32. The number of hydrogen-bond donors (Lipinski definition) is 2. The van der Waals surface area contributed by atoms with E-state index in [1.54, 1.807) is 36.4 Å². The van der Waals surface area contributed by atoms with Gasteiger partial charge in [0.2, 0.25) is 11.8 Å². The molecular weight excluding hydrogens is 347 g/mol. The van der Waals surface area contributed by atoms with Gasteiger partial charge in [0.1, 0.15) is 0 Å². The summed E-state index contributed by atoms with van der Waals surface area (Å²) in [5, 5.41) is 6.74. The Kier molecular flexibility index (Phi) is 4.78. The Hall–Kier alpha value is -2.04. The Morgan fingerprint density at radius 2 is 1.62 bits per heavy atom. The van der Waals surface area contributed by atoms with Crippen LogP contribution in [0.3, 0.4) is 0 Å². The van der Waals surface area contributed by atoms with E-state index in [0.717, 1.165) is 5.56 Å². The molecule has 2 atom stereocenters. The molecule has 0 saturated heterocycles. The molecule has 1 saturated carbocycles. The molecule has 0 aromatic heterocycles. The maximum Gasteiger partial charge on any atom is 0.228 e. The molecule has 0 radical (unpaired) electrons. The molecule has 24 heavy (non-hydrogen) atoms. The zero-order valence-corrected chi connectivity index (χ0v) is 14.5. The second-order valence-corrected chi connectivity index (χ2v) is 6.77. The topological polar surface area (TPSA) is 58.2 Å². The number of halogens is 2.